The summed E-state index contributed by atoms with van der Waals surface area (Å²) in [5, 5.41) is 13.5. The second kappa shape index (κ2) is 12.5. The van der Waals surface area contributed by atoms with Crippen LogP contribution in [0.15, 0.2) is 79.0 Å². The van der Waals surface area contributed by atoms with Gasteiger partial charge in [-0.15, -0.1) is 10.2 Å². The van der Waals surface area contributed by atoms with Gasteiger partial charge in [-0.25, -0.2) is 0 Å². The maximum Gasteiger partial charge on any atom is 0.234 e. The van der Waals surface area contributed by atoms with Crippen LogP contribution in [0.25, 0.3) is 10.9 Å². The summed E-state index contributed by atoms with van der Waals surface area (Å²) in [6.07, 6.45) is 3.99. The molecule has 0 aliphatic carbocycles. The second-order valence-electron chi connectivity index (χ2n) is 9.61. The molecule has 0 saturated heterocycles. The van der Waals surface area contributed by atoms with E-state index in [0.717, 1.165) is 34.3 Å². The number of nitrogens with one attached hydrogen (secondary N) is 2. The Balaban J connectivity index is 1.54. The van der Waals surface area contributed by atoms with E-state index in [1.807, 2.05) is 60.8 Å². The highest BCUT2D eigenvalue weighted by Crippen LogP contribution is 2.29. The van der Waals surface area contributed by atoms with E-state index in [2.05, 4.69) is 43.3 Å². The minimum absolute atomic E-state index is 0.119. The molecule has 0 aliphatic rings. The number of methoxy groups -OCH3 is 2. The SMILES string of the molecule is COc1ccc(Cn2c(CCc3ccccc3)nnc2[C@@H](Cc2c[nH]c3ccccc23)NC(=O)CN)c(OC)c1. The number of aromatic nitrogens is 4. The van der Waals surface area contributed by atoms with E-state index in [-0.39, 0.29) is 12.5 Å². The van der Waals surface area contributed by atoms with Crippen molar-refractivity contribution in [2.75, 3.05) is 20.8 Å². The average Bonchev–Trinajstić information content (AvgIpc) is 3.60. The van der Waals surface area contributed by atoms with E-state index >= 15 is 0 Å². The highest BCUT2D eigenvalue weighted by atomic mass is 16.5. The number of H-pyrrole nitrogens is 1. The van der Waals surface area contributed by atoms with Gasteiger partial charge >= 0.3 is 0 Å². The lowest BCUT2D eigenvalue weighted by Crippen LogP contribution is -2.36. The second-order valence-corrected chi connectivity index (χ2v) is 9.61. The number of hydrogen-bond acceptors (Lipinski definition) is 6. The zero-order valence-corrected chi connectivity index (χ0v) is 22.8. The lowest BCUT2D eigenvalue weighted by Gasteiger charge is -2.21. The van der Waals surface area contributed by atoms with Crippen LogP contribution in [0.5, 0.6) is 11.5 Å². The van der Waals surface area contributed by atoms with Crippen molar-refractivity contribution in [1.29, 1.82) is 0 Å². The molecule has 0 radical (unpaired) electrons. The fraction of sp³-hybridized carbons (Fsp3) is 0.258. The third kappa shape index (κ3) is 6.00. The van der Waals surface area contributed by atoms with Crippen LogP contribution in [0.3, 0.4) is 0 Å². The number of carbonyl (C=O) groups is 1. The normalized spacial score (nSPS) is 11.9. The Morgan fingerprint density at radius 2 is 1.77 bits per heavy atom. The summed E-state index contributed by atoms with van der Waals surface area (Å²) in [7, 11) is 3.27. The number of nitrogens with two attached hydrogens (primary N) is 1. The molecule has 5 rings (SSSR count). The molecule has 3 aromatic carbocycles. The maximum atomic E-state index is 12.6. The van der Waals surface area contributed by atoms with Crippen molar-refractivity contribution in [3.8, 4) is 11.5 Å². The average molecular weight is 539 g/mol. The number of nitrogens with zero attached hydrogens (tertiary/aromatic N) is 3. The van der Waals surface area contributed by atoms with Crippen LogP contribution in [0, 0.1) is 0 Å². The Hall–Kier alpha value is -4.63. The van der Waals surface area contributed by atoms with Crippen molar-refractivity contribution in [1.82, 2.24) is 25.1 Å². The van der Waals surface area contributed by atoms with Gasteiger partial charge in [0.25, 0.3) is 0 Å². The first-order valence-corrected chi connectivity index (χ1v) is 13.3. The molecule has 206 valence electrons. The number of rotatable bonds is 12. The van der Waals surface area contributed by atoms with E-state index in [1.54, 1.807) is 14.2 Å². The van der Waals surface area contributed by atoms with Gasteiger partial charge in [0.1, 0.15) is 17.3 Å². The molecule has 5 aromatic rings. The zero-order valence-electron chi connectivity index (χ0n) is 22.8. The Labute approximate surface area is 233 Å². The number of amides is 1. The molecule has 0 aliphatic heterocycles. The summed E-state index contributed by atoms with van der Waals surface area (Å²) in [5.41, 5.74) is 9.98. The predicted molar refractivity (Wildman–Crippen MR) is 154 cm³/mol. The smallest absolute Gasteiger partial charge is 0.234 e. The molecule has 0 spiro atoms. The Kier molecular flexibility index (Phi) is 8.41. The number of para-hydroxylation sites is 1. The number of hydrogen-bond donors (Lipinski definition) is 3. The van der Waals surface area contributed by atoms with Crippen molar-refractivity contribution >= 4 is 16.8 Å². The largest absolute Gasteiger partial charge is 0.497 e. The molecule has 2 heterocycles. The Morgan fingerprint density at radius 1 is 0.975 bits per heavy atom. The van der Waals surface area contributed by atoms with Gasteiger partial charge in [0.05, 0.1) is 33.4 Å². The molecule has 2 aromatic heterocycles. The summed E-state index contributed by atoms with van der Waals surface area (Å²) in [6, 6.07) is 23.7. The Bertz CT molecular complexity index is 1580. The number of carbonyl (C=O) groups excluding carboxylic acids is 1. The van der Waals surface area contributed by atoms with Gasteiger partial charge in [-0.2, -0.15) is 0 Å². The molecule has 0 unspecified atom stereocenters. The maximum absolute atomic E-state index is 12.6. The van der Waals surface area contributed by atoms with Gasteiger partial charge in [-0.1, -0.05) is 48.5 Å². The minimum atomic E-state index is -0.447. The van der Waals surface area contributed by atoms with E-state index in [0.29, 0.717) is 36.7 Å². The van der Waals surface area contributed by atoms with Crippen molar-refractivity contribution in [3.63, 3.8) is 0 Å². The van der Waals surface area contributed by atoms with Crippen molar-refractivity contribution < 1.29 is 14.3 Å². The molecular weight excluding hydrogens is 504 g/mol. The topological polar surface area (TPSA) is 120 Å². The number of aryl methyl sites for hydroxylation is 2. The first-order chi connectivity index (χ1) is 19.6. The minimum Gasteiger partial charge on any atom is -0.497 e. The van der Waals surface area contributed by atoms with Crippen LogP contribution in [0.2, 0.25) is 0 Å². The number of fused-ring (bicyclic) bond motifs is 1. The third-order valence-corrected chi connectivity index (χ3v) is 7.09. The summed E-state index contributed by atoms with van der Waals surface area (Å²) < 4.78 is 13.2. The zero-order chi connectivity index (χ0) is 27.9. The lowest BCUT2D eigenvalue weighted by molar-refractivity contribution is -0.120. The van der Waals surface area contributed by atoms with Crippen LogP contribution in [0.1, 0.15) is 34.4 Å². The standard InChI is InChI=1S/C31H34N6O3/c1-39-24-14-13-22(28(17-24)40-2)20-37-29(15-12-21-8-4-3-5-9-21)35-36-31(37)27(34-30(38)18-32)16-23-19-33-26-11-7-6-10-25(23)26/h3-11,13-14,17,19,27,33H,12,15-16,18,20,32H2,1-2H3,(H,34,38)/t27-/m1/s1. The quantitative estimate of drug-likeness (QED) is 0.221. The Morgan fingerprint density at radius 3 is 2.55 bits per heavy atom. The molecule has 0 fully saturated rings. The van der Waals surface area contributed by atoms with Gasteiger partial charge in [0.15, 0.2) is 5.82 Å². The molecule has 9 heteroatoms. The summed E-state index contributed by atoms with van der Waals surface area (Å²) >= 11 is 0. The number of benzene rings is 3. The van der Waals surface area contributed by atoms with E-state index in [9.17, 15) is 4.79 Å². The molecule has 4 N–H and O–H groups in total. The van der Waals surface area contributed by atoms with E-state index < -0.39 is 6.04 Å². The lowest BCUT2D eigenvalue weighted by atomic mass is 10.0. The molecule has 0 bridgehead atoms. The van der Waals surface area contributed by atoms with E-state index in [1.165, 1.54) is 5.56 Å². The van der Waals surface area contributed by atoms with Crippen molar-refractivity contribution in [3.05, 3.63) is 107 Å². The van der Waals surface area contributed by atoms with Crippen LogP contribution in [-0.2, 0) is 30.6 Å². The first-order valence-electron chi connectivity index (χ1n) is 13.3. The molecule has 9 nitrogen and oxygen atoms in total. The van der Waals surface area contributed by atoms with Gasteiger partial charge in [-0.05, 0) is 35.7 Å². The molecular formula is C31H34N6O3. The van der Waals surface area contributed by atoms with Gasteiger partial charge < -0.3 is 30.1 Å². The molecule has 40 heavy (non-hydrogen) atoms. The number of ether oxygens (including phenoxy) is 2. The fourth-order valence-corrected chi connectivity index (χ4v) is 5.00. The van der Waals surface area contributed by atoms with Gasteiger partial charge in [0, 0.05) is 41.6 Å². The van der Waals surface area contributed by atoms with Crippen molar-refractivity contribution in [2.45, 2.75) is 31.8 Å². The van der Waals surface area contributed by atoms with E-state index in [4.69, 9.17) is 15.2 Å². The fourth-order valence-electron chi connectivity index (χ4n) is 5.00. The molecule has 0 saturated carbocycles. The third-order valence-electron chi connectivity index (χ3n) is 7.09. The predicted octanol–water partition coefficient (Wildman–Crippen LogP) is 3.97. The molecule has 1 amide bonds. The number of aromatic amines is 1. The summed E-state index contributed by atoms with van der Waals surface area (Å²) in [5.74, 6) is 2.64. The van der Waals surface area contributed by atoms with Gasteiger partial charge in [0.2, 0.25) is 5.91 Å². The molecule has 1 atom stereocenters. The van der Waals surface area contributed by atoms with Gasteiger partial charge in [-0.3, -0.25) is 4.79 Å². The summed E-state index contributed by atoms with van der Waals surface area (Å²) in [4.78, 5) is 15.9. The first kappa shape index (κ1) is 27.0. The van der Waals surface area contributed by atoms with Crippen LogP contribution >= 0.6 is 0 Å². The highest BCUT2D eigenvalue weighted by Gasteiger charge is 2.25. The summed E-state index contributed by atoms with van der Waals surface area (Å²) in [6.45, 7) is 0.341. The van der Waals surface area contributed by atoms with Crippen LogP contribution in [0.4, 0.5) is 0 Å². The van der Waals surface area contributed by atoms with Crippen LogP contribution in [-0.4, -0.2) is 46.4 Å². The van der Waals surface area contributed by atoms with Crippen molar-refractivity contribution in [2.24, 2.45) is 5.73 Å². The highest BCUT2D eigenvalue weighted by molar-refractivity contribution is 5.83. The van der Waals surface area contributed by atoms with Crippen LogP contribution < -0.4 is 20.5 Å². The monoisotopic (exact) mass is 538 g/mol.